The molecular formula is C112H195N3O13. The number of nitro groups is 1. The number of hydrogen-bond donors (Lipinski definition) is 3. The van der Waals surface area contributed by atoms with Crippen molar-refractivity contribution < 1.29 is 57.6 Å². The van der Waals surface area contributed by atoms with Crippen LogP contribution in [0.4, 0.5) is 16.2 Å². The Morgan fingerprint density at radius 3 is 1.17 bits per heavy atom. The Morgan fingerprint density at radius 1 is 0.422 bits per heavy atom. The van der Waals surface area contributed by atoms with Crippen LogP contribution in [0.2, 0.25) is 0 Å². The molecular weight excluding hydrogens is 1600 g/mol. The van der Waals surface area contributed by atoms with Crippen LogP contribution in [-0.4, -0.2) is 79.7 Å². The van der Waals surface area contributed by atoms with Crippen LogP contribution in [-0.2, 0) is 41.6 Å². The molecule has 0 spiro atoms. The van der Waals surface area contributed by atoms with Gasteiger partial charge in [0.15, 0.2) is 0 Å². The van der Waals surface area contributed by atoms with Crippen molar-refractivity contribution in [2.45, 2.75) is 410 Å². The van der Waals surface area contributed by atoms with Gasteiger partial charge in [-0.25, -0.2) is 4.79 Å². The highest BCUT2D eigenvalue weighted by molar-refractivity contribution is 5.88. The molecule has 0 radical (unpaired) electrons. The standard InChI is InChI=1S/C14H21NO2.C13H18O2.C13H20O.C13H20.C13H28.C12H17NO3.C12H25NO2.C12H24O2.C10H22O/c1-11(16)15-12-5-7-13(8-6-12)17-10-9-14(2,3)4;1-13(2,3)9-12(14)15-10-11-7-5-4-6-8-11;1-11-5-7-12(8-6-11)14-10-9-13(2,3)4;1-10-6-11(2)8-12(7-10)9-13(3,4)5;1-11(10-13(5,6)7)8-9-12(2,3)4;1-12(2,3)8-9-16-11-6-4-10(5-7-11)13(14)15;1-11(2,3)8-7-9-13-10(14)15-12(4,5)6;1-12(2,3)10-8-6-5-7-9-11(13)14-4;1-10(2,3)8-6-4-5-7-9-11/h5-8H,9-10H2,1-4H3,(H,15,16);4-8H,9-10H2,1-3H3;5-8H,9-10H2,1-4H3;6-8H,9H2,1-5H3;11H,8-10H2,1-7H3;4-7H,8-9H2,1-3H3;7-9H2,1-6H3,(H,13,14);5-10H2,1-4H3;11H,4-9H2,1-3H3. The SMILES string of the molecule is CC(=O)Nc1ccc(OCCC(C)(C)C)cc1.CC(C)(C)CC(=O)OCc1ccccc1.CC(C)(C)CCCCCCO.CC(C)(C)CCCNC(=O)OC(C)(C)C.CC(C)(C)CCOc1ccc([N+](=O)[O-])cc1.CC(CCC(C)(C)C)CC(C)(C)C.COC(=O)CCCCCCC(C)(C)C.Cc1cc(C)cc(CC(C)(C)C)c1.Cc1ccc(OCCC(C)(C)C)cc1. The lowest BCUT2D eigenvalue weighted by atomic mass is 9.80. The van der Waals surface area contributed by atoms with Gasteiger partial charge in [0.2, 0.25) is 5.91 Å². The van der Waals surface area contributed by atoms with Crippen LogP contribution in [0, 0.1) is 91.0 Å². The highest BCUT2D eigenvalue weighted by Gasteiger charge is 2.22. The van der Waals surface area contributed by atoms with Crippen molar-refractivity contribution in [1.82, 2.24) is 5.32 Å². The van der Waals surface area contributed by atoms with E-state index < -0.39 is 10.5 Å². The molecule has 0 aliphatic heterocycles. The average molecular weight is 1790 g/mol. The largest absolute Gasteiger partial charge is 0.494 e. The number of amides is 2. The number of unbranched alkanes of at least 4 members (excludes halogenated alkanes) is 6. The number of alkyl carbamates (subject to hydrolysis) is 1. The number of hydrogen-bond acceptors (Lipinski definition) is 13. The number of carbonyl (C=O) groups is 4. The van der Waals surface area contributed by atoms with E-state index in [9.17, 15) is 29.3 Å². The van der Waals surface area contributed by atoms with E-state index in [4.69, 9.17) is 28.8 Å². The maximum absolute atomic E-state index is 11.4. The van der Waals surface area contributed by atoms with E-state index >= 15 is 0 Å². The van der Waals surface area contributed by atoms with Crippen molar-refractivity contribution in [1.29, 1.82) is 0 Å². The second-order valence-electron chi connectivity index (χ2n) is 47.9. The number of benzene rings is 5. The molecule has 0 saturated heterocycles. The van der Waals surface area contributed by atoms with E-state index in [2.05, 4.69) is 260 Å². The van der Waals surface area contributed by atoms with Crippen molar-refractivity contribution in [3.63, 3.8) is 0 Å². The summed E-state index contributed by atoms with van der Waals surface area (Å²) in [5.74, 6) is 3.08. The minimum absolute atomic E-state index is 0.00618. The number of aliphatic hydroxyl groups is 1. The Hall–Kier alpha value is -7.46. The first-order chi connectivity index (χ1) is 58.3. The third-order valence-electron chi connectivity index (χ3n) is 18.8. The van der Waals surface area contributed by atoms with Crippen molar-refractivity contribution in [2.24, 2.45) is 60.1 Å². The smallest absolute Gasteiger partial charge is 0.407 e. The zero-order valence-corrected chi connectivity index (χ0v) is 89.5. The number of ether oxygens (including phenoxy) is 6. The lowest BCUT2D eigenvalue weighted by molar-refractivity contribution is -0.384. The van der Waals surface area contributed by atoms with E-state index in [0.717, 1.165) is 93.1 Å². The van der Waals surface area contributed by atoms with E-state index in [0.29, 0.717) is 89.5 Å². The Bertz CT molecular complexity index is 3640. The molecule has 0 fully saturated rings. The van der Waals surface area contributed by atoms with Crippen LogP contribution in [0.1, 0.15) is 399 Å². The zero-order valence-electron chi connectivity index (χ0n) is 89.5. The van der Waals surface area contributed by atoms with Crippen LogP contribution < -0.4 is 24.8 Å². The Kier molecular flexibility index (Phi) is 63.8. The zero-order chi connectivity index (χ0) is 99.6. The van der Waals surface area contributed by atoms with Gasteiger partial charge in [-0.2, -0.15) is 0 Å². The maximum Gasteiger partial charge on any atom is 0.407 e. The fraction of sp³-hybridized carbons (Fsp3) is 0.696. The predicted molar refractivity (Wildman–Crippen MR) is 547 cm³/mol. The fourth-order valence-corrected chi connectivity index (χ4v) is 12.0. The van der Waals surface area contributed by atoms with Gasteiger partial charge >= 0.3 is 18.0 Å². The number of methoxy groups -OCH3 is 1. The summed E-state index contributed by atoms with van der Waals surface area (Å²) in [4.78, 5) is 54.3. The summed E-state index contributed by atoms with van der Waals surface area (Å²) in [7, 11) is 1.45. The monoisotopic (exact) mass is 1790 g/mol. The maximum atomic E-state index is 11.4. The van der Waals surface area contributed by atoms with Crippen molar-refractivity contribution in [3.05, 3.63) is 159 Å². The number of esters is 2. The van der Waals surface area contributed by atoms with Crippen LogP contribution in [0.15, 0.2) is 121 Å². The third-order valence-corrected chi connectivity index (χ3v) is 18.8. The molecule has 16 heteroatoms. The van der Waals surface area contributed by atoms with Gasteiger partial charge in [-0.3, -0.25) is 24.5 Å². The highest BCUT2D eigenvalue weighted by atomic mass is 16.6. The number of nitrogens with zero attached hydrogens (tertiary/aromatic N) is 1. The number of nitro benzene ring substituents is 1. The number of rotatable bonds is 32. The lowest BCUT2D eigenvalue weighted by Gasteiger charge is -2.26. The van der Waals surface area contributed by atoms with Crippen molar-refractivity contribution >= 4 is 35.3 Å². The number of aliphatic hydroxyl groups excluding tert-OH is 1. The molecule has 1 atom stereocenters. The summed E-state index contributed by atoms with van der Waals surface area (Å²) in [6, 6.07) is 38.3. The average Bonchev–Trinajstić information content (AvgIpc) is 0.865. The fourth-order valence-electron chi connectivity index (χ4n) is 12.0. The van der Waals surface area contributed by atoms with E-state index in [1.807, 2.05) is 108 Å². The van der Waals surface area contributed by atoms with E-state index in [1.165, 1.54) is 113 Å². The number of aryl methyl sites for hydroxylation is 3. The topological polar surface area (TPSA) is 211 Å². The molecule has 2 amide bonds. The van der Waals surface area contributed by atoms with Crippen LogP contribution in [0.25, 0.3) is 0 Å². The number of nitrogens with one attached hydrogen (secondary N) is 2. The Morgan fingerprint density at radius 2 is 0.812 bits per heavy atom. The predicted octanol–water partition coefficient (Wildman–Crippen LogP) is 32.5. The van der Waals surface area contributed by atoms with Crippen LogP contribution in [0.5, 0.6) is 17.2 Å². The Balaban J connectivity index is -0.000000677. The molecule has 3 N–H and O–H groups in total. The van der Waals surface area contributed by atoms with Gasteiger partial charge in [0, 0.05) is 44.3 Å². The highest BCUT2D eigenvalue weighted by Crippen LogP contribution is 2.32. The lowest BCUT2D eigenvalue weighted by Crippen LogP contribution is -2.33. The first-order valence-electron chi connectivity index (χ1n) is 47.8. The normalized spacial score (nSPS) is 12.0. The second-order valence-corrected chi connectivity index (χ2v) is 47.9. The molecule has 16 nitrogen and oxygen atoms in total. The summed E-state index contributed by atoms with van der Waals surface area (Å²) in [5, 5.41) is 24.4. The van der Waals surface area contributed by atoms with Crippen LogP contribution >= 0.6 is 0 Å². The molecule has 1 unspecified atom stereocenters. The van der Waals surface area contributed by atoms with Gasteiger partial charge < -0.3 is 44.2 Å². The van der Waals surface area contributed by atoms with Crippen molar-refractivity contribution in [3.8, 4) is 17.2 Å². The van der Waals surface area contributed by atoms with Gasteiger partial charge in [-0.15, -0.1) is 0 Å². The summed E-state index contributed by atoms with van der Waals surface area (Å²) in [5.41, 5.74) is 10.5. The molecule has 736 valence electrons. The quantitative estimate of drug-likeness (QED) is 0.0120. The summed E-state index contributed by atoms with van der Waals surface area (Å²) in [6.07, 6.45) is 23.0. The molecule has 0 bridgehead atoms. The molecule has 5 aromatic carbocycles. The Labute approximate surface area is 786 Å². The van der Waals surface area contributed by atoms with Gasteiger partial charge in [0.05, 0.1) is 38.3 Å². The molecule has 0 heterocycles. The third kappa shape index (κ3) is 96.1. The molecule has 5 aromatic rings. The minimum atomic E-state index is -0.418. The van der Waals surface area contributed by atoms with Crippen molar-refractivity contribution in [2.75, 3.05) is 45.4 Å². The molecule has 0 aliphatic carbocycles. The van der Waals surface area contributed by atoms with Gasteiger partial charge in [-0.1, -0.05) is 337 Å². The molecule has 0 aromatic heterocycles. The number of carbonyl (C=O) groups excluding carboxylic acids is 4. The molecule has 0 aliphatic rings. The van der Waals surface area contributed by atoms with E-state index in [-0.39, 0.29) is 45.9 Å². The minimum Gasteiger partial charge on any atom is -0.494 e. The summed E-state index contributed by atoms with van der Waals surface area (Å²) < 4.78 is 31.6. The van der Waals surface area contributed by atoms with Crippen LogP contribution in [0.3, 0.4) is 0 Å². The molecule has 5 rings (SSSR count). The number of non-ortho nitro benzene ring substituents is 1. The van der Waals surface area contributed by atoms with Gasteiger partial charge in [0.1, 0.15) is 29.5 Å². The van der Waals surface area contributed by atoms with E-state index in [1.54, 1.807) is 12.1 Å². The second kappa shape index (κ2) is 64.4. The number of anilines is 1. The molecule has 128 heavy (non-hydrogen) atoms. The van der Waals surface area contributed by atoms with Gasteiger partial charge in [-0.05, 0) is 238 Å². The first-order valence-corrected chi connectivity index (χ1v) is 47.8. The summed E-state index contributed by atoms with van der Waals surface area (Å²) >= 11 is 0. The summed E-state index contributed by atoms with van der Waals surface area (Å²) in [6.45, 7) is 86.2. The van der Waals surface area contributed by atoms with Gasteiger partial charge in [0.25, 0.3) is 5.69 Å². The first kappa shape index (κ1) is 127. The molecule has 0 saturated carbocycles.